The van der Waals surface area contributed by atoms with Gasteiger partial charge in [-0.15, -0.1) is 0 Å². The van der Waals surface area contributed by atoms with Crippen LogP contribution in [0.3, 0.4) is 0 Å². The topological polar surface area (TPSA) is 67.8 Å². The Bertz CT molecular complexity index is 438. The Morgan fingerprint density at radius 1 is 1.37 bits per heavy atom. The molecule has 5 nitrogen and oxygen atoms in total. The van der Waals surface area contributed by atoms with Gasteiger partial charge in [-0.3, -0.25) is 5.32 Å². The maximum Gasteiger partial charge on any atom is 0.412 e. The number of hydrogen-bond donors (Lipinski definition) is 2. The fourth-order valence-corrected chi connectivity index (χ4v) is 1.57. The summed E-state index contributed by atoms with van der Waals surface area (Å²) in [7, 11) is 1.55. The van der Waals surface area contributed by atoms with E-state index < -0.39 is 11.7 Å². The second-order valence-electron chi connectivity index (χ2n) is 5.13. The van der Waals surface area contributed by atoms with Crippen molar-refractivity contribution in [2.24, 2.45) is 0 Å². The minimum Gasteiger partial charge on any atom is -0.496 e. The molecule has 0 saturated heterocycles. The van der Waals surface area contributed by atoms with E-state index in [9.17, 15) is 4.79 Å². The molecule has 1 rings (SSSR count). The number of anilines is 1. The lowest BCUT2D eigenvalue weighted by atomic mass is 10.1. The summed E-state index contributed by atoms with van der Waals surface area (Å²) >= 11 is 0. The third-order valence-corrected chi connectivity index (χ3v) is 2.31. The van der Waals surface area contributed by atoms with Gasteiger partial charge in [-0.1, -0.05) is 6.07 Å². The van der Waals surface area contributed by atoms with E-state index in [1.165, 1.54) is 0 Å². The minimum atomic E-state index is -0.537. The zero-order valence-corrected chi connectivity index (χ0v) is 11.8. The third-order valence-electron chi connectivity index (χ3n) is 2.31. The fraction of sp³-hybridized carbons (Fsp3) is 0.500. The highest BCUT2D eigenvalue weighted by molar-refractivity contribution is 5.85. The van der Waals surface area contributed by atoms with Crippen molar-refractivity contribution in [2.45, 2.75) is 32.8 Å². The van der Waals surface area contributed by atoms with Gasteiger partial charge in [-0.2, -0.15) is 0 Å². The summed E-state index contributed by atoms with van der Waals surface area (Å²) in [6.45, 7) is 5.46. The van der Waals surface area contributed by atoms with Crippen molar-refractivity contribution in [1.82, 2.24) is 0 Å². The van der Waals surface area contributed by atoms with E-state index in [0.29, 0.717) is 17.9 Å². The van der Waals surface area contributed by atoms with Crippen LogP contribution in [0, 0.1) is 0 Å². The van der Waals surface area contributed by atoms with Crippen molar-refractivity contribution in [3.05, 3.63) is 23.8 Å². The molecule has 0 aliphatic carbocycles. The van der Waals surface area contributed by atoms with Crippen LogP contribution in [0.15, 0.2) is 18.2 Å². The molecule has 0 saturated carbocycles. The molecular formula is C14H21NO4. The van der Waals surface area contributed by atoms with E-state index in [4.69, 9.17) is 14.6 Å². The van der Waals surface area contributed by atoms with Crippen molar-refractivity contribution in [3.8, 4) is 5.75 Å². The molecule has 19 heavy (non-hydrogen) atoms. The molecule has 0 fully saturated rings. The molecule has 0 aliphatic heterocycles. The normalized spacial score (nSPS) is 11.0. The lowest BCUT2D eigenvalue weighted by Gasteiger charge is -2.20. The van der Waals surface area contributed by atoms with Crippen molar-refractivity contribution in [2.75, 3.05) is 19.0 Å². The van der Waals surface area contributed by atoms with Crippen LogP contribution in [-0.4, -0.2) is 30.5 Å². The Balaban J connectivity index is 2.77. The molecule has 0 radical (unpaired) electrons. The van der Waals surface area contributed by atoms with Crippen LogP contribution in [-0.2, 0) is 11.2 Å². The number of methoxy groups -OCH3 is 1. The lowest BCUT2D eigenvalue weighted by molar-refractivity contribution is 0.0636. The molecule has 0 aliphatic rings. The number of rotatable bonds is 4. The summed E-state index contributed by atoms with van der Waals surface area (Å²) in [5, 5.41) is 11.6. The van der Waals surface area contributed by atoms with E-state index in [1.807, 2.05) is 6.07 Å². The van der Waals surface area contributed by atoms with E-state index in [-0.39, 0.29) is 6.61 Å². The Kier molecular flexibility index (Phi) is 5.18. The zero-order chi connectivity index (χ0) is 14.5. The highest BCUT2D eigenvalue weighted by Gasteiger charge is 2.16. The Labute approximate surface area is 113 Å². The van der Waals surface area contributed by atoms with Gasteiger partial charge < -0.3 is 14.6 Å². The number of aliphatic hydroxyl groups excluding tert-OH is 1. The summed E-state index contributed by atoms with van der Waals surface area (Å²) in [5.74, 6) is 0.627. The second kappa shape index (κ2) is 6.43. The fourth-order valence-electron chi connectivity index (χ4n) is 1.57. The van der Waals surface area contributed by atoms with E-state index >= 15 is 0 Å². The van der Waals surface area contributed by atoms with Gasteiger partial charge in [-0.05, 0) is 38.8 Å². The van der Waals surface area contributed by atoms with Crippen LogP contribution in [0.4, 0.5) is 10.5 Å². The Morgan fingerprint density at radius 2 is 2.05 bits per heavy atom. The van der Waals surface area contributed by atoms with Gasteiger partial charge in [0.2, 0.25) is 0 Å². The van der Waals surface area contributed by atoms with Crippen LogP contribution in [0.2, 0.25) is 0 Å². The number of amides is 1. The van der Waals surface area contributed by atoms with Crippen LogP contribution < -0.4 is 10.1 Å². The molecule has 106 valence electrons. The standard InChI is InChI=1S/C14H21NO4/c1-14(2,3)19-13(17)15-11-6-5-10(7-8-16)12(9-11)18-4/h5-6,9,16H,7-8H2,1-4H3,(H,15,17). The smallest absolute Gasteiger partial charge is 0.412 e. The molecule has 0 spiro atoms. The zero-order valence-electron chi connectivity index (χ0n) is 11.8. The lowest BCUT2D eigenvalue weighted by Crippen LogP contribution is -2.27. The van der Waals surface area contributed by atoms with Gasteiger partial charge in [0.05, 0.1) is 7.11 Å². The molecule has 0 unspecified atom stereocenters. The average Bonchev–Trinajstić information content (AvgIpc) is 2.28. The summed E-state index contributed by atoms with van der Waals surface area (Å²) in [4.78, 5) is 11.6. The molecule has 0 atom stereocenters. The summed E-state index contributed by atoms with van der Waals surface area (Å²) in [5.41, 5.74) is 0.942. The highest BCUT2D eigenvalue weighted by Crippen LogP contribution is 2.24. The molecule has 0 aromatic heterocycles. The molecule has 5 heteroatoms. The predicted molar refractivity (Wildman–Crippen MR) is 73.6 cm³/mol. The van der Waals surface area contributed by atoms with Gasteiger partial charge in [0.25, 0.3) is 0 Å². The highest BCUT2D eigenvalue weighted by atomic mass is 16.6. The predicted octanol–water partition coefficient (Wildman–Crippen LogP) is 2.58. The monoisotopic (exact) mass is 267 g/mol. The number of carbonyl (C=O) groups excluding carboxylic acids is 1. The number of ether oxygens (including phenoxy) is 2. The largest absolute Gasteiger partial charge is 0.496 e. The Hall–Kier alpha value is -1.75. The maximum atomic E-state index is 11.6. The van der Waals surface area contributed by atoms with Gasteiger partial charge in [0.1, 0.15) is 11.4 Å². The van der Waals surface area contributed by atoms with Crippen LogP contribution >= 0.6 is 0 Å². The first-order chi connectivity index (χ1) is 8.85. The SMILES string of the molecule is COc1cc(NC(=O)OC(C)(C)C)ccc1CCO. The summed E-state index contributed by atoms with van der Waals surface area (Å²) in [6.07, 6.45) is 0.0000543. The molecular weight excluding hydrogens is 246 g/mol. The van der Waals surface area contributed by atoms with Crippen molar-refractivity contribution >= 4 is 11.8 Å². The quantitative estimate of drug-likeness (QED) is 0.879. The first-order valence-corrected chi connectivity index (χ1v) is 6.13. The minimum absolute atomic E-state index is 0.0508. The number of aliphatic hydroxyl groups is 1. The van der Waals surface area contributed by atoms with Gasteiger partial charge in [0.15, 0.2) is 0 Å². The van der Waals surface area contributed by atoms with E-state index in [1.54, 1.807) is 40.0 Å². The molecule has 1 aromatic rings. The van der Waals surface area contributed by atoms with Crippen molar-refractivity contribution in [3.63, 3.8) is 0 Å². The maximum absolute atomic E-state index is 11.6. The second-order valence-corrected chi connectivity index (χ2v) is 5.13. The van der Waals surface area contributed by atoms with Crippen LogP contribution in [0.25, 0.3) is 0 Å². The number of nitrogens with one attached hydrogen (secondary N) is 1. The molecule has 1 aromatic carbocycles. The average molecular weight is 267 g/mol. The Morgan fingerprint density at radius 3 is 2.58 bits per heavy atom. The van der Waals surface area contributed by atoms with Gasteiger partial charge in [-0.25, -0.2) is 4.79 Å². The summed E-state index contributed by atoms with van der Waals surface area (Å²) in [6, 6.07) is 5.26. The first-order valence-electron chi connectivity index (χ1n) is 6.13. The molecule has 1 amide bonds. The third kappa shape index (κ3) is 5.18. The number of carbonyl (C=O) groups is 1. The van der Waals surface area contributed by atoms with Crippen LogP contribution in [0.1, 0.15) is 26.3 Å². The van der Waals surface area contributed by atoms with Gasteiger partial charge in [0, 0.05) is 18.4 Å². The van der Waals surface area contributed by atoms with E-state index in [0.717, 1.165) is 5.56 Å². The number of benzene rings is 1. The van der Waals surface area contributed by atoms with E-state index in [2.05, 4.69) is 5.32 Å². The number of hydrogen-bond acceptors (Lipinski definition) is 4. The molecule has 0 bridgehead atoms. The van der Waals surface area contributed by atoms with Crippen LogP contribution in [0.5, 0.6) is 5.75 Å². The molecule has 2 N–H and O–H groups in total. The molecule has 0 heterocycles. The first kappa shape index (κ1) is 15.3. The summed E-state index contributed by atoms with van der Waals surface area (Å²) < 4.78 is 10.4. The van der Waals surface area contributed by atoms with Crippen molar-refractivity contribution in [1.29, 1.82) is 0 Å². The van der Waals surface area contributed by atoms with Gasteiger partial charge >= 0.3 is 6.09 Å². The van der Waals surface area contributed by atoms with Crippen molar-refractivity contribution < 1.29 is 19.4 Å².